The summed E-state index contributed by atoms with van der Waals surface area (Å²) in [4.78, 5) is 25.6. The summed E-state index contributed by atoms with van der Waals surface area (Å²) in [7, 11) is 0. The standard InChI is InChI=1S/C22H23N3O4/c23-12-14-3-1-4-15(9-14)18-11-17(10-16-6-8-29-21(16)18)24-22(28)19-5-2-7-25(19)13-20(26)27/h1,3-4,6,8-11,19H,2,5,7,12-13,23H2,(H,24,28)(H,26,27). The third-order valence-electron chi connectivity index (χ3n) is 5.30. The van der Waals surface area contributed by atoms with Crippen molar-refractivity contribution in [3.8, 4) is 11.1 Å². The number of carboxylic acid groups (broad SMARTS) is 1. The van der Waals surface area contributed by atoms with Crippen LogP contribution in [-0.4, -0.2) is 41.0 Å². The molecule has 0 aliphatic carbocycles. The lowest BCUT2D eigenvalue weighted by molar-refractivity contribution is -0.139. The van der Waals surface area contributed by atoms with Gasteiger partial charge >= 0.3 is 5.97 Å². The van der Waals surface area contributed by atoms with E-state index in [4.69, 9.17) is 15.3 Å². The van der Waals surface area contributed by atoms with E-state index in [1.807, 2.05) is 42.5 Å². The highest BCUT2D eigenvalue weighted by molar-refractivity contribution is 6.01. The van der Waals surface area contributed by atoms with Gasteiger partial charge in [-0.3, -0.25) is 14.5 Å². The van der Waals surface area contributed by atoms with Crippen molar-refractivity contribution < 1.29 is 19.1 Å². The Hall–Kier alpha value is -3.16. The number of nitrogens with one attached hydrogen (secondary N) is 1. The van der Waals surface area contributed by atoms with Crippen molar-refractivity contribution in [3.05, 3.63) is 54.3 Å². The van der Waals surface area contributed by atoms with Crippen molar-refractivity contribution >= 4 is 28.5 Å². The Kier molecular flexibility index (Phi) is 5.33. The maximum atomic E-state index is 12.8. The Labute approximate surface area is 168 Å². The highest BCUT2D eigenvalue weighted by atomic mass is 16.4. The number of hydrogen-bond acceptors (Lipinski definition) is 5. The number of benzene rings is 2. The van der Waals surface area contributed by atoms with Gasteiger partial charge in [0.1, 0.15) is 5.58 Å². The molecule has 1 saturated heterocycles. The van der Waals surface area contributed by atoms with E-state index < -0.39 is 12.0 Å². The monoisotopic (exact) mass is 393 g/mol. The van der Waals surface area contributed by atoms with Gasteiger partial charge in [-0.15, -0.1) is 0 Å². The number of furan rings is 1. The Morgan fingerprint density at radius 3 is 2.90 bits per heavy atom. The molecule has 29 heavy (non-hydrogen) atoms. The largest absolute Gasteiger partial charge is 0.480 e. The average Bonchev–Trinajstić information content (AvgIpc) is 3.36. The molecule has 1 unspecified atom stereocenters. The topological polar surface area (TPSA) is 109 Å². The minimum atomic E-state index is -0.924. The zero-order chi connectivity index (χ0) is 20.4. The Bertz CT molecular complexity index is 1060. The van der Waals surface area contributed by atoms with Crippen molar-refractivity contribution in [1.29, 1.82) is 0 Å². The molecule has 1 aliphatic heterocycles. The van der Waals surface area contributed by atoms with Gasteiger partial charge in [0.05, 0.1) is 18.8 Å². The molecule has 0 spiro atoms. The first-order valence-electron chi connectivity index (χ1n) is 9.62. The molecule has 7 nitrogen and oxygen atoms in total. The van der Waals surface area contributed by atoms with Crippen LogP contribution >= 0.6 is 0 Å². The first-order chi connectivity index (χ1) is 14.0. The van der Waals surface area contributed by atoms with Gasteiger partial charge in [-0.25, -0.2) is 0 Å². The zero-order valence-corrected chi connectivity index (χ0v) is 15.9. The molecule has 7 heteroatoms. The van der Waals surface area contributed by atoms with Gasteiger partial charge in [-0.05, 0) is 54.8 Å². The normalized spacial score (nSPS) is 16.9. The average molecular weight is 393 g/mol. The summed E-state index contributed by atoms with van der Waals surface area (Å²) in [5, 5.41) is 12.9. The molecule has 1 fully saturated rings. The van der Waals surface area contributed by atoms with Gasteiger partial charge in [0.15, 0.2) is 0 Å². The molecule has 2 heterocycles. The van der Waals surface area contributed by atoms with Crippen LogP contribution in [0.4, 0.5) is 5.69 Å². The lowest BCUT2D eigenvalue weighted by Gasteiger charge is -2.22. The number of likely N-dealkylation sites (tertiary alicyclic amines) is 1. The minimum Gasteiger partial charge on any atom is -0.480 e. The second kappa shape index (κ2) is 8.06. The Morgan fingerprint density at radius 1 is 1.24 bits per heavy atom. The summed E-state index contributed by atoms with van der Waals surface area (Å²) in [6, 6.07) is 13.1. The lowest BCUT2D eigenvalue weighted by atomic mass is 10.0. The quantitative estimate of drug-likeness (QED) is 0.594. The third kappa shape index (κ3) is 4.01. The number of aliphatic carboxylic acids is 1. The molecule has 2 aromatic carbocycles. The predicted molar refractivity (Wildman–Crippen MR) is 110 cm³/mol. The summed E-state index contributed by atoms with van der Waals surface area (Å²) >= 11 is 0. The Balaban J connectivity index is 1.64. The van der Waals surface area contributed by atoms with Gasteiger partial charge in [0.25, 0.3) is 0 Å². The highest BCUT2D eigenvalue weighted by Crippen LogP contribution is 2.33. The van der Waals surface area contributed by atoms with Gasteiger partial charge in [0.2, 0.25) is 5.91 Å². The second-order valence-corrected chi connectivity index (χ2v) is 7.28. The van der Waals surface area contributed by atoms with Crippen LogP contribution < -0.4 is 11.1 Å². The third-order valence-corrected chi connectivity index (χ3v) is 5.30. The number of carbonyl (C=O) groups excluding carboxylic acids is 1. The summed E-state index contributed by atoms with van der Waals surface area (Å²) < 4.78 is 5.68. The van der Waals surface area contributed by atoms with Crippen LogP contribution in [-0.2, 0) is 16.1 Å². The van der Waals surface area contributed by atoms with Crippen LogP contribution in [0.25, 0.3) is 22.1 Å². The fourth-order valence-electron chi connectivity index (χ4n) is 3.95. The fourth-order valence-corrected chi connectivity index (χ4v) is 3.95. The first kappa shape index (κ1) is 19.2. The molecule has 0 saturated carbocycles. The van der Waals surface area contributed by atoms with E-state index >= 15 is 0 Å². The second-order valence-electron chi connectivity index (χ2n) is 7.28. The molecular weight excluding hydrogens is 370 g/mol. The number of hydrogen-bond donors (Lipinski definition) is 3. The molecule has 0 bridgehead atoms. The highest BCUT2D eigenvalue weighted by Gasteiger charge is 2.32. The van der Waals surface area contributed by atoms with Crippen LogP contribution in [0.5, 0.6) is 0 Å². The fraction of sp³-hybridized carbons (Fsp3) is 0.273. The molecule has 0 radical (unpaired) electrons. The molecule has 1 aliphatic rings. The molecular formula is C22H23N3O4. The summed E-state index contributed by atoms with van der Waals surface area (Å²) in [6.45, 7) is 0.922. The maximum Gasteiger partial charge on any atom is 0.317 e. The van der Waals surface area contributed by atoms with Crippen LogP contribution in [0, 0.1) is 0 Å². The van der Waals surface area contributed by atoms with Crippen molar-refractivity contribution in [2.75, 3.05) is 18.4 Å². The number of nitrogens with zero attached hydrogens (tertiary/aromatic N) is 1. The van der Waals surface area contributed by atoms with Gasteiger partial charge in [0, 0.05) is 23.2 Å². The SMILES string of the molecule is NCc1cccc(-c2cc(NC(=O)C3CCCN3CC(=O)O)cc3ccoc23)c1. The lowest BCUT2D eigenvalue weighted by Crippen LogP contribution is -2.42. The maximum absolute atomic E-state index is 12.8. The van der Waals surface area contributed by atoms with Gasteiger partial charge in [-0.1, -0.05) is 18.2 Å². The van der Waals surface area contributed by atoms with Crippen LogP contribution in [0.2, 0.25) is 0 Å². The van der Waals surface area contributed by atoms with E-state index in [2.05, 4.69) is 5.32 Å². The van der Waals surface area contributed by atoms with E-state index in [0.29, 0.717) is 25.2 Å². The van der Waals surface area contributed by atoms with Crippen molar-refractivity contribution in [3.63, 3.8) is 0 Å². The number of amides is 1. The molecule has 1 aromatic heterocycles. The van der Waals surface area contributed by atoms with Crippen LogP contribution in [0.3, 0.4) is 0 Å². The van der Waals surface area contributed by atoms with Crippen LogP contribution in [0.1, 0.15) is 18.4 Å². The molecule has 4 N–H and O–H groups in total. The molecule has 150 valence electrons. The summed E-state index contributed by atoms with van der Waals surface area (Å²) in [5.41, 5.74) is 10.00. The number of fused-ring (bicyclic) bond motifs is 1. The number of anilines is 1. The van der Waals surface area contributed by atoms with Crippen molar-refractivity contribution in [2.24, 2.45) is 5.73 Å². The zero-order valence-electron chi connectivity index (χ0n) is 15.9. The molecule has 1 atom stereocenters. The summed E-state index contributed by atoms with van der Waals surface area (Å²) in [5.74, 6) is -1.11. The van der Waals surface area contributed by atoms with Crippen molar-refractivity contribution in [1.82, 2.24) is 4.90 Å². The van der Waals surface area contributed by atoms with E-state index in [-0.39, 0.29) is 12.5 Å². The van der Waals surface area contributed by atoms with Crippen molar-refractivity contribution in [2.45, 2.75) is 25.4 Å². The van der Waals surface area contributed by atoms with E-state index in [9.17, 15) is 9.59 Å². The number of carbonyl (C=O) groups is 2. The number of carboxylic acids is 1. The van der Waals surface area contributed by atoms with Crippen LogP contribution in [0.15, 0.2) is 53.1 Å². The van der Waals surface area contributed by atoms with E-state index in [1.54, 1.807) is 11.2 Å². The number of nitrogens with two attached hydrogens (primary N) is 1. The Morgan fingerprint density at radius 2 is 2.10 bits per heavy atom. The summed E-state index contributed by atoms with van der Waals surface area (Å²) in [6.07, 6.45) is 3.08. The van der Waals surface area contributed by atoms with E-state index in [0.717, 1.165) is 34.1 Å². The molecule has 4 rings (SSSR count). The molecule has 3 aromatic rings. The van der Waals surface area contributed by atoms with Gasteiger partial charge in [-0.2, -0.15) is 0 Å². The predicted octanol–water partition coefficient (Wildman–Crippen LogP) is 3.05. The first-order valence-corrected chi connectivity index (χ1v) is 9.62. The molecule has 1 amide bonds. The number of rotatable bonds is 6. The van der Waals surface area contributed by atoms with Gasteiger partial charge < -0.3 is 20.6 Å². The van der Waals surface area contributed by atoms with E-state index in [1.165, 1.54) is 0 Å². The minimum absolute atomic E-state index is 0.129. The smallest absolute Gasteiger partial charge is 0.317 e.